The second-order valence-electron chi connectivity index (χ2n) is 7.33. The fourth-order valence-corrected chi connectivity index (χ4v) is 3.95. The van der Waals surface area contributed by atoms with Crippen molar-refractivity contribution in [1.29, 1.82) is 0 Å². The van der Waals surface area contributed by atoms with Gasteiger partial charge in [-0.1, -0.05) is 36.4 Å². The molecule has 0 aromatic heterocycles. The molecule has 1 fully saturated rings. The lowest BCUT2D eigenvalue weighted by Gasteiger charge is -2.41. The number of nitrogens with zero attached hydrogens (tertiary/aromatic N) is 1. The van der Waals surface area contributed by atoms with Crippen LogP contribution in [0.3, 0.4) is 0 Å². The molecule has 3 atom stereocenters. The predicted octanol–water partition coefficient (Wildman–Crippen LogP) is 3.05. The number of hydrogen-bond acceptors (Lipinski definition) is 3. The maximum absolute atomic E-state index is 14.1. The van der Waals surface area contributed by atoms with Crippen LogP contribution in [-0.2, 0) is 16.0 Å². The molecule has 4 rings (SSSR count). The average Bonchev–Trinajstić information content (AvgIpc) is 2.69. The summed E-state index contributed by atoms with van der Waals surface area (Å²) in [6.45, 7) is 0.00439. The second-order valence-corrected chi connectivity index (χ2v) is 7.33. The highest BCUT2D eigenvalue weighted by atomic mass is 19.3. The number of rotatable bonds is 2. The van der Waals surface area contributed by atoms with Crippen molar-refractivity contribution < 1.29 is 22.7 Å². The summed E-state index contributed by atoms with van der Waals surface area (Å²) >= 11 is 0. The van der Waals surface area contributed by atoms with Crippen molar-refractivity contribution in [1.82, 2.24) is 4.90 Å². The van der Waals surface area contributed by atoms with E-state index in [0.717, 1.165) is 16.7 Å². The van der Waals surface area contributed by atoms with E-state index in [-0.39, 0.29) is 12.4 Å². The number of benzene rings is 2. The average molecular weight is 390 g/mol. The van der Waals surface area contributed by atoms with Crippen LogP contribution in [0.25, 0.3) is 0 Å². The molecule has 0 unspecified atom stereocenters. The highest BCUT2D eigenvalue weighted by Gasteiger charge is 2.48. The lowest BCUT2D eigenvalue weighted by Crippen LogP contribution is -2.56. The van der Waals surface area contributed by atoms with Gasteiger partial charge in [-0.2, -0.15) is 0 Å². The van der Waals surface area contributed by atoms with Gasteiger partial charge in [0.25, 0.3) is 11.8 Å². The van der Waals surface area contributed by atoms with Crippen molar-refractivity contribution in [2.45, 2.75) is 37.0 Å². The Kier molecular flexibility index (Phi) is 4.89. The monoisotopic (exact) mass is 390 g/mol. The van der Waals surface area contributed by atoms with Crippen LogP contribution < -0.4 is 5.73 Å². The zero-order valence-corrected chi connectivity index (χ0v) is 15.2. The fraction of sp³-hybridized carbons (Fsp3) is 0.381. The largest absolute Gasteiger partial charge is 0.366 e. The van der Waals surface area contributed by atoms with Gasteiger partial charge in [0.2, 0.25) is 0 Å². The predicted molar refractivity (Wildman–Crippen MR) is 97.4 cm³/mol. The summed E-state index contributed by atoms with van der Waals surface area (Å²) in [6.07, 6.45) is -1.37. The van der Waals surface area contributed by atoms with Crippen LogP contribution in [0, 0.1) is 5.82 Å². The number of ether oxygens (including phenoxy) is 1. The Balaban J connectivity index is 1.69. The third-order valence-electron chi connectivity index (χ3n) is 5.50. The minimum Gasteiger partial charge on any atom is -0.366 e. The van der Waals surface area contributed by atoms with E-state index < -0.39 is 36.4 Å². The lowest BCUT2D eigenvalue weighted by atomic mass is 9.87. The van der Waals surface area contributed by atoms with E-state index in [1.165, 1.54) is 12.1 Å². The van der Waals surface area contributed by atoms with Crippen LogP contribution in [0.4, 0.5) is 13.2 Å². The second kappa shape index (κ2) is 7.22. The summed E-state index contributed by atoms with van der Waals surface area (Å²) in [4.78, 5) is 14.7. The minimum absolute atomic E-state index is 0.366. The van der Waals surface area contributed by atoms with Crippen LogP contribution in [0.2, 0.25) is 0 Å². The number of nitrogens with two attached hydrogens (primary N) is 1. The van der Waals surface area contributed by atoms with Crippen LogP contribution in [0.5, 0.6) is 0 Å². The topological polar surface area (TPSA) is 55.6 Å². The Hall–Kier alpha value is -2.38. The minimum atomic E-state index is -3.16. The highest BCUT2D eigenvalue weighted by Crippen LogP contribution is 2.37. The Labute approximate surface area is 161 Å². The zero-order chi connectivity index (χ0) is 19.9. The van der Waals surface area contributed by atoms with E-state index in [2.05, 4.69) is 0 Å². The fourth-order valence-electron chi connectivity index (χ4n) is 3.95. The van der Waals surface area contributed by atoms with Gasteiger partial charge in [-0.15, -0.1) is 0 Å². The van der Waals surface area contributed by atoms with Crippen molar-refractivity contribution >= 4 is 5.91 Å². The maximum Gasteiger partial charge on any atom is 0.268 e. The van der Waals surface area contributed by atoms with Crippen molar-refractivity contribution in [3.05, 3.63) is 71.0 Å². The lowest BCUT2D eigenvalue weighted by molar-refractivity contribution is -0.172. The maximum atomic E-state index is 14.1. The van der Waals surface area contributed by atoms with Crippen LogP contribution >= 0.6 is 0 Å². The van der Waals surface area contributed by atoms with Gasteiger partial charge in [0.1, 0.15) is 11.9 Å². The van der Waals surface area contributed by atoms with Crippen molar-refractivity contribution in [3.63, 3.8) is 0 Å². The van der Waals surface area contributed by atoms with E-state index in [0.29, 0.717) is 13.0 Å². The molecule has 2 N–H and O–H groups in total. The number of halogens is 3. The molecule has 2 aromatic rings. The number of hydrogen-bond donors (Lipinski definition) is 1. The SMILES string of the molecule is N[C@H]1CO[C@@H](C(=O)N2CCc3ccccc3[C@@H]2c2ccc(F)cc2)CC1(F)F. The molecule has 2 aliphatic heterocycles. The molecule has 1 amide bonds. The normalized spacial score (nSPS) is 26.6. The summed E-state index contributed by atoms with van der Waals surface area (Å²) in [5, 5.41) is 0. The molecule has 2 aromatic carbocycles. The van der Waals surface area contributed by atoms with Gasteiger partial charge in [-0.05, 0) is 35.2 Å². The molecule has 28 heavy (non-hydrogen) atoms. The third kappa shape index (κ3) is 3.40. The molecule has 0 saturated carbocycles. The van der Waals surface area contributed by atoms with Crippen LogP contribution in [0.1, 0.15) is 29.2 Å². The molecular formula is C21H21F3N2O2. The summed E-state index contributed by atoms with van der Waals surface area (Å²) in [5.41, 5.74) is 8.13. The summed E-state index contributed by atoms with van der Waals surface area (Å²) in [7, 11) is 0. The van der Waals surface area contributed by atoms with Gasteiger partial charge in [-0.3, -0.25) is 4.79 Å². The van der Waals surface area contributed by atoms with Gasteiger partial charge < -0.3 is 15.4 Å². The van der Waals surface area contributed by atoms with Gasteiger partial charge in [0.05, 0.1) is 18.7 Å². The zero-order valence-electron chi connectivity index (χ0n) is 15.2. The quantitative estimate of drug-likeness (QED) is 0.858. The third-order valence-corrected chi connectivity index (χ3v) is 5.50. The van der Waals surface area contributed by atoms with Gasteiger partial charge >= 0.3 is 0 Å². The van der Waals surface area contributed by atoms with E-state index in [9.17, 15) is 18.0 Å². The molecule has 0 aliphatic carbocycles. The van der Waals surface area contributed by atoms with Crippen molar-refractivity contribution in [3.8, 4) is 0 Å². The van der Waals surface area contributed by atoms with Crippen LogP contribution in [-0.4, -0.2) is 42.0 Å². The molecule has 2 aliphatic rings. The first-order valence-electron chi connectivity index (χ1n) is 9.25. The molecule has 4 nitrogen and oxygen atoms in total. The van der Waals surface area contributed by atoms with E-state index in [1.54, 1.807) is 17.0 Å². The first kappa shape index (κ1) is 19.0. The van der Waals surface area contributed by atoms with Gasteiger partial charge in [0, 0.05) is 13.0 Å². The molecule has 2 heterocycles. The Bertz CT molecular complexity index is 872. The van der Waals surface area contributed by atoms with Crippen LogP contribution in [0.15, 0.2) is 48.5 Å². The first-order valence-corrected chi connectivity index (χ1v) is 9.25. The number of fused-ring (bicyclic) bond motifs is 1. The standard InChI is InChI=1S/C21H21F3N2O2/c22-15-7-5-14(6-8-15)19-16-4-2-1-3-13(16)9-10-26(19)20(27)17-11-21(23,24)18(25)12-28-17/h1-8,17-19H,9-12,25H2/t17-,18+,19+/m1/s1. The Morgan fingerprint density at radius 3 is 2.57 bits per heavy atom. The molecular weight excluding hydrogens is 369 g/mol. The number of amides is 1. The Morgan fingerprint density at radius 2 is 1.86 bits per heavy atom. The molecule has 1 saturated heterocycles. The van der Waals surface area contributed by atoms with Crippen molar-refractivity contribution in [2.24, 2.45) is 5.73 Å². The summed E-state index contributed by atoms with van der Waals surface area (Å²) in [6, 6.07) is 11.7. The van der Waals surface area contributed by atoms with Gasteiger partial charge in [0.15, 0.2) is 0 Å². The smallest absolute Gasteiger partial charge is 0.268 e. The van der Waals surface area contributed by atoms with Gasteiger partial charge in [-0.25, -0.2) is 13.2 Å². The van der Waals surface area contributed by atoms with E-state index in [1.807, 2.05) is 24.3 Å². The number of carbonyl (C=O) groups is 1. The van der Waals surface area contributed by atoms with E-state index >= 15 is 0 Å². The van der Waals surface area contributed by atoms with Crippen molar-refractivity contribution in [2.75, 3.05) is 13.2 Å². The molecule has 7 heteroatoms. The molecule has 148 valence electrons. The first-order chi connectivity index (χ1) is 13.4. The number of alkyl halides is 2. The summed E-state index contributed by atoms with van der Waals surface area (Å²) < 4.78 is 46.9. The molecule has 0 spiro atoms. The van der Waals surface area contributed by atoms with E-state index in [4.69, 9.17) is 10.5 Å². The highest BCUT2D eigenvalue weighted by molar-refractivity contribution is 5.82. The molecule has 0 bridgehead atoms. The molecule has 0 radical (unpaired) electrons. The number of carbonyl (C=O) groups excluding carboxylic acids is 1. The Morgan fingerprint density at radius 1 is 1.14 bits per heavy atom. The summed E-state index contributed by atoms with van der Waals surface area (Å²) in [5.74, 6) is -4.03.